The highest BCUT2D eigenvalue weighted by molar-refractivity contribution is 5.78. The topological polar surface area (TPSA) is 70.6 Å². The average molecular weight is 367 g/mol. The molecule has 0 bridgehead atoms. The van der Waals surface area contributed by atoms with Gasteiger partial charge in [0.2, 0.25) is 5.91 Å². The zero-order valence-electron chi connectivity index (χ0n) is 15.4. The van der Waals surface area contributed by atoms with Gasteiger partial charge >= 0.3 is 0 Å². The second kappa shape index (κ2) is 8.35. The molecule has 4 rings (SSSR count). The van der Waals surface area contributed by atoms with E-state index >= 15 is 0 Å². The van der Waals surface area contributed by atoms with Crippen LogP contribution in [0.1, 0.15) is 18.4 Å². The molecule has 1 aromatic carbocycles. The highest BCUT2D eigenvalue weighted by Gasteiger charge is 2.24. The Morgan fingerprint density at radius 2 is 2.19 bits per heavy atom. The fraction of sp³-hybridized carbons (Fsp3) is 0.450. The maximum absolute atomic E-state index is 12.6. The van der Waals surface area contributed by atoms with Crippen molar-refractivity contribution in [2.24, 2.45) is 0 Å². The summed E-state index contributed by atoms with van der Waals surface area (Å²) in [5.41, 5.74) is 1.13. The third-order valence-electron chi connectivity index (χ3n) is 5.06. The van der Waals surface area contributed by atoms with E-state index in [4.69, 9.17) is 4.74 Å². The Morgan fingerprint density at radius 1 is 1.26 bits per heavy atom. The molecule has 0 radical (unpaired) electrons. The number of amides is 1. The number of fused-ring (bicyclic) bond motifs is 1. The van der Waals surface area contributed by atoms with Crippen molar-refractivity contribution in [2.75, 3.05) is 37.7 Å². The number of hydrogen-bond acceptors (Lipinski definition) is 6. The van der Waals surface area contributed by atoms with Crippen LogP contribution in [0, 0.1) is 0 Å². The fourth-order valence-electron chi connectivity index (χ4n) is 3.75. The Balaban J connectivity index is 1.31. The van der Waals surface area contributed by atoms with Gasteiger partial charge in [0.1, 0.15) is 18.2 Å². The van der Waals surface area contributed by atoms with Crippen molar-refractivity contribution in [3.63, 3.8) is 0 Å². The number of anilines is 1. The van der Waals surface area contributed by atoms with Gasteiger partial charge in [0, 0.05) is 50.2 Å². The second-order valence-electron chi connectivity index (χ2n) is 7.08. The number of benzene rings is 1. The van der Waals surface area contributed by atoms with Crippen LogP contribution in [0.3, 0.4) is 0 Å². The van der Waals surface area contributed by atoms with Crippen molar-refractivity contribution in [3.8, 4) is 5.75 Å². The number of carbonyl (C=O) groups excluding carboxylic acids is 1. The molecule has 0 aliphatic carbocycles. The van der Waals surface area contributed by atoms with Crippen LogP contribution in [-0.4, -0.2) is 59.6 Å². The van der Waals surface area contributed by atoms with E-state index in [-0.39, 0.29) is 11.9 Å². The van der Waals surface area contributed by atoms with Crippen LogP contribution < -0.4 is 15.0 Å². The lowest BCUT2D eigenvalue weighted by atomic mass is 10.1. The number of piperidine rings is 1. The zero-order valence-corrected chi connectivity index (χ0v) is 15.4. The largest absolute Gasteiger partial charge is 0.492 e. The summed E-state index contributed by atoms with van der Waals surface area (Å²) < 4.78 is 5.78. The molecule has 27 heavy (non-hydrogen) atoms. The van der Waals surface area contributed by atoms with Gasteiger partial charge in [-0.05, 0) is 18.9 Å². The summed E-state index contributed by atoms with van der Waals surface area (Å²) in [4.78, 5) is 25.5. The van der Waals surface area contributed by atoms with Gasteiger partial charge in [-0.3, -0.25) is 14.7 Å². The molecule has 1 amide bonds. The summed E-state index contributed by atoms with van der Waals surface area (Å²) in [7, 11) is 0. The van der Waals surface area contributed by atoms with Gasteiger partial charge in [-0.15, -0.1) is 0 Å². The van der Waals surface area contributed by atoms with Gasteiger partial charge in [-0.1, -0.05) is 18.2 Å². The van der Waals surface area contributed by atoms with Gasteiger partial charge < -0.3 is 15.0 Å². The predicted molar refractivity (Wildman–Crippen MR) is 103 cm³/mol. The molecule has 2 aliphatic rings. The molecule has 1 fully saturated rings. The molecule has 142 valence electrons. The molecule has 1 N–H and O–H groups in total. The second-order valence-corrected chi connectivity index (χ2v) is 7.08. The van der Waals surface area contributed by atoms with E-state index in [1.807, 2.05) is 18.2 Å². The number of ether oxygens (including phenoxy) is 1. The number of aromatic nitrogens is 2. The Morgan fingerprint density at radius 3 is 3.07 bits per heavy atom. The smallest absolute Gasteiger partial charge is 0.234 e. The van der Waals surface area contributed by atoms with Gasteiger partial charge in [0.25, 0.3) is 0 Å². The average Bonchev–Trinajstić information content (AvgIpc) is 2.90. The summed E-state index contributed by atoms with van der Waals surface area (Å²) in [6.45, 7) is 4.20. The van der Waals surface area contributed by atoms with Crippen LogP contribution in [0.15, 0.2) is 42.9 Å². The van der Waals surface area contributed by atoms with Crippen LogP contribution in [-0.2, 0) is 11.3 Å². The number of hydrogen-bond donors (Lipinski definition) is 1. The molecule has 2 aromatic rings. The molecule has 1 atom stereocenters. The Hall–Kier alpha value is -2.67. The van der Waals surface area contributed by atoms with Crippen LogP contribution in [0.25, 0.3) is 0 Å². The first-order valence-electron chi connectivity index (χ1n) is 9.51. The summed E-state index contributed by atoms with van der Waals surface area (Å²) >= 11 is 0. The third-order valence-corrected chi connectivity index (χ3v) is 5.06. The van der Waals surface area contributed by atoms with E-state index in [2.05, 4.69) is 31.2 Å². The maximum atomic E-state index is 12.6. The molecular weight excluding hydrogens is 342 g/mol. The predicted octanol–water partition coefficient (Wildman–Crippen LogP) is 1.46. The highest BCUT2D eigenvalue weighted by Crippen LogP contribution is 2.22. The minimum absolute atomic E-state index is 0.0698. The zero-order chi connectivity index (χ0) is 18.5. The van der Waals surface area contributed by atoms with Crippen molar-refractivity contribution in [2.45, 2.75) is 25.4 Å². The highest BCUT2D eigenvalue weighted by atomic mass is 16.5. The number of carbonyl (C=O) groups is 1. The standard InChI is InChI=1S/C20H25N5O2/c26-20(15-24-10-11-27-18-6-2-1-4-16(18)13-24)23-17-5-3-9-25(14-17)19-12-21-7-8-22-19/h1-2,4,6-8,12,17H,3,5,9-11,13-15H2,(H,23,26). The SMILES string of the molecule is O=C(CN1CCOc2ccccc2C1)NC1CCCN(c2cnccn2)C1. The number of para-hydroxylation sites is 1. The Labute approximate surface area is 159 Å². The van der Waals surface area contributed by atoms with Crippen molar-refractivity contribution in [1.82, 2.24) is 20.2 Å². The van der Waals surface area contributed by atoms with E-state index in [9.17, 15) is 4.79 Å². The summed E-state index contributed by atoms with van der Waals surface area (Å²) in [6, 6.07) is 8.18. The monoisotopic (exact) mass is 367 g/mol. The van der Waals surface area contributed by atoms with Crippen molar-refractivity contribution < 1.29 is 9.53 Å². The normalized spacial score (nSPS) is 20.3. The number of nitrogens with zero attached hydrogens (tertiary/aromatic N) is 4. The van der Waals surface area contributed by atoms with Crippen molar-refractivity contribution in [1.29, 1.82) is 0 Å². The molecule has 3 heterocycles. The maximum Gasteiger partial charge on any atom is 0.234 e. The Kier molecular flexibility index (Phi) is 5.48. The number of rotatable bonds is 4. The first-order valence-corrected chi connectivity index (χ1v) is 9.51. The quantitative estimate of drug-likeness (QED) is 0.882. The lowest BCUT2D eigenvalue weighted by Crippen LogP contribution is -2.50. The summed E-state index contributed by atoms with van der Waals surface area (Å²) in [6.07, 6.45) is 7.19. The van der Waals surface area contributed by atoms with Gasteiger partial charge in [-0.25, -0.2) is 4.98 Å². The van der Waals surface area contributed by atoms with E-state index in [1.54, 1.807) is 18.6 Å². The van der Waals surface area contributed by atoms with Crippen LogP contribution in [0.2, 0.25) is 0 Å². The van der Waals surface area contributed by atoms with E-state index in [0.29, 0.717) is 13.2 Å². The van der Waals surface area contributed by atoms with Crippen molar-refractivity contribution in [3.05, 3.63) is 48.4 Å². The van der Waals surface area contributed by atoms with Crippen molar-refractivity contribution >= 4 is 11.7 Å². The molecular formula is C20H25N5O2. The molecule has 7 nitrogen and oxygen atoms in total. The minimum Gasteiger partial charge on any atom is -0.492 e. The first-order chi connectivity index (χ1) is 13.3. The van der Waals surface area contributed by atoms with E-state index in [0.717, 1.165) is 56.2 Å². The molecule has 1 unspecified atom stereocenters. The molecule has 1 saturated heterocycles. The fourth-order valence-corrected chi connectivity index (χ4v) is 3.75. The first kappa shape index (κ1) is 17.7. The van der Waals surface area contributed by atoms with Crippen LogP contribution in [0.4, 0.5) is 5.82 Å². The molecule has 0 saturated carbocycles. The lowest BCUT2D eigenvalue weighted by Gasteiger charge is -2.34. The lowest BCUT2D eigenvalue weighted by molar-refractivity contribution is -0.123. The van der Waals surface area contributed by atoms with E-state index in [1.165, 1.54) is 0 Å². The molecule has 1 aromatic heterocycles. The number of nitrogens with one attached hydrogen (secondary N) is 1. The summed E-state index contributed by atoms with van der Waals surface area (Å²) in [5, 5.41) is 3.20. The van der Waals surface area contributed by atoms with E-state index < -0.39 is 0 Å². The Bertz CT molecular complexity index is 770. The van der Waals surface area contributed by atoms with Crippen LogP contribution in [0.5, 0.6) is 5.75 Å². The summed E-state index contributed by atoms with van der Waals surface area (Å²) in [5.74, 6) is 1.87. The minimum atomic E-state index is 0.0698. The molecule has 2 aliphatic heterocycles. The third kappa shape index (κ3) is 4.54. The molecule has 7 heteroatoms. The molecule has 0 spiro atoms. The van der Waals surface area contributed by atoms with Gasteiger partial charge in [-0.2, -0.15) is 0 Å². The van der Waals surface area contributed by atoms with Gasteiger partial charge in [0.15, 0.2) is 0 Å². The van der Waals surface area contributed by atoms with Gasteiger partial charge in [0.05, 0.1) is 12.7 Å². The van der Waals surface area contributed by atoms with Crippen LogP contribution >= 0.6 is 0 Å².